The molecule has 1 aromatic carbocycles. The standard InChI is InChI=1S/C12H14ClF3N2/c1-8-7-18(5-4-17-8)11-6-9(12(14,15)16)2-3-10(11)13/h2-3,6,8,17H,4-5,7H2,1H3. The predicted octanol–water partition coefficient (Wildman–Crippen LogP) is 3.16. The Bertz CT molecular complexity index is 434. The molecule has 100 valence electrons. The molecular formula is C12H14ClF3N2. The van der Waals surface area contributed by atoms with Gasteiger partial charge in [-0.05, 0) is 25.1 Å². The maximum Gasteiger partial charge on any atom is 0.416 e. The van der Waals surface area contributed by atoms with Crippen molar-refractivity contribution in [3.63, 3.8) is 0 Å². The maximum atomic E-state index is 12.7. The molecule has 1 unspecified atom stereocenters. The van der Waals surface area contributed by atoms with E-state index in [2.05, 4.69) is 5.32 Å². The van der Waals surface area contributed by atoms with E-state index < -0.39 is 11.7 Å². The van der Waals surface area contributed by atoms with Crippen molar-refractivity contribution in [2.24, 2.45) is 0 Å². The number of alkyl halides is 3. The smallest absolute Gasteiger partial charge is 0.367 e. The second kappa shape index (κ2) is 4.97. The van der Waals surface area contributed by atoms with E-state index in [-0.39, 0.29) is 6.04 Å². The minimum absolute atomic E-state index is 0.240. The molecule has 1 aliphatic rings. The van der Waals surface area contributed by atoms with E-state index in [4.69, 9.17) is 11.6 Å². The minimum Gasteiger partial charge on any atom is -0.367 e. The van der Waals surface area contributed by atoms with Crippen LogP contribution < -0.4 is 10.2 Å². The van der Waals surface area contributed by atoms with Crippen LogP contribution in [0.25, 0.3) is 0 Å². The Labute approximate surface area is 109 Å². The lowest BCUT2D eigenvalue weighted by Crippen LogP contribution is -2.49. The quantitative estimate of drug-likeness (QED) is 0.849. The molecule has 0 radical (unpaired) electrons. The lowest BCUT2D eigenvalue weighted by molar-refractivity contribution is -0.137. The first-order chi connectivity index (χ1) is 8.38. The van der Waals surface area contributed by atoms with Crippen molar-refractivity contribution in [2.45, 2.75) is 19.1 Å². The molecule has 1 N–H and O–H groups in total. The summed E-state index contributed by atoms with van der Waals surface area (Å²) < 4.78 is 38.0. The molecule has 0 aliphatic carbocycles. The second-order valence-corrected chi connectivity index (χ2v) is 4.87. The van der Waals surface area contributed by atoms with Gasteiger partial charge in [-0.25, -0.2) is 0 Å². The highest BCUT2D eigenvalue weighted by molar-refractivity contribution is 6.33. The minimum atomic E-state index is -4.33. The van der Waals surface area contributed by atoms with Crippen molar-refractivity contribution in [1.29, 1.82) is 0 Å². The zero-order chi connectivity index (χ0) is 13.3. The van der Waals surface area contributed by atoms with Crippen molar-refractivity contribution in [3.8, 4) is 0 Å². The van der Waals surface area contributed by atoms with Gasteiger partial charge in [-0.3, -0.25) is 0 Å². The van der Waals surface area contributed by atoms with Crippen LogP contribution in [0.3, 0.4) is 0 Å². The first-order valence-electron chi connectivity index (χ1n) is 5.73. The first-order valence-corrected chi connectivity index (χ1v) is 6.11. The number of nitrogens with zero attached hydrogens (tertiary/aromatic N) is 1. The molecule has 1 fully saturated rings. The van der Waals surface area contributed by atoms with E-state index in [1.165, 1.54) is 6.07 Å². The number of hydrogen-bond acceptors (Lipinski definition) is 2. The molecule has 0 saturated carbocycles. The van der Waals surface area contributed by atoms with Crippen LogP contribution in [0.2, 0.25) is 5.02 Å². The van der Waals surface area contributed by atoms with Gasteiger partial charge in [0, 0.05) is 25.7 Å². The summed E-state index contributed by atoms with van der Waals surface area (Å²) in [5.74, 6) is 0. The van der Waals surface area contributed by atoms with Gasteiger partial charge in [0.2, 0.25) is 0 Å². The van der Waals surface area contributed by atoms with Crippen LogP contribution in [-0.4, -0.2) is 25.7 Å². The van der Waals surface area contributed by atoms with Crippen LogP contribution in [0.5, 0.6) is 0 Å². The van der Waals surface area contributed by atoms with E-state index in [1.807, 2.05) is 11.8 Å². The number of nitrogens with one attached hydrogen (secondary N) is 1. The average molecular weight is 279 g/mol. The Morgan fingerprint density at radius 1 is 1.39 bits per heavy atom. The van der Waals surface area contributed by atoms with Gasteiger partial charge in [0.25, 0.3) is 0 Å². The van der Waals surface area contributed by atoms with Gasteiger partial charge in [0.05, 0.1) is 16.3 Å². The average Bonchev–Trinajstić information content (AvgIpc) is 2.28. The number of halogens is 4. The third kappa shape index (κ3) is 2.90. The number of rotatable bonds is 1. The molecule has 0 bridgehead atoms. The van der Waals surface area contributed by atoms with Crippen molar-refractivity contribution < 1.29 is 13.2 Å². The summed E-state index contributed by atoms with van der Waals surface area (Å²) in [6.07, 6.45) is -4.33. The summed E-state index contributed by atoms with van der Waals surface area (Å²) in [7, 11) is 0. The molecule has 18 heavy (non-hydrogen) atoms. The van der Waals surface area contributed by atoms with E-state index >= 15 is 0 Å². The molecule has 0 amide bonds. The SMILES string of the molecule is CC1CN(c2cc(C(F)(F)F)ccc2Cl)CCN1. The van der Waals surface area contributed by atoms with Crippen LogP contribution in [-0.2, 0) is 6.18 Å². The fraction of sp³-hybridized carbons (Fsp3) is 0.500. The topological polar surface area (TPSA) is 15.3 Å². The summed E-state index contributed by atoms with van der Waals surface area (Å²) >= 11 is 6.00. The fourth-order valence-corrected chi connectivity index (χ4v) is 2.32. The van der Waals surface area contributed by atoms with Crippen LogP contribution in [0.15, 0.2) is 18.2 Å². The molecule has 1 saturated heterocycles. The third-order valence-electron chi connectivity index (χ3n) is 2.98. The highest BCUT2D eigenvalue weighted by atomic mass is 35.5. The predicted molar refractivity (Wildman–Crippen MR) is 66.1 cm³/mol. The Balaban J connectivity index is 2.31. The van der Waals surface area contributed by atoms with Gasteiger partial charge in [-0.15, -0.1) is 0 Å². The number of hydrogen-bond donors (Lipinski definition) is 1. The molecule has 1 aliphatic heterocycles. The van der Waals surface area contributed by atoms with Crippen LogP contribution in [0.1, 0.15) is 12.5 Å². The highest BCUT2D eigenvalue weighted by Crippen LogP contribution is 2.35. The largest absolute Gasteiger partial charge is 0.416 e. The van der Waals surface area contributed by atoms with Gasteiger partial charge in [-0.2, -0.15) is 13.2 Å². The summed E-state index contributed by atoms with van der Waals surface area (Å²) in [5.41, 5.74) is -0.201. The van der Waals surface area contributed by atoms with Crippen molar-refractivity contribution >= 4 is 17.3 Å². The van der Waals surface area contributed by atoms with E-state index in [0.29, 0.717) is 23.8 Å². The molecule has 1 aromatic rings. The summed E-state index contributed by atoms with van der Waals surface area (Å²) in [4.78, 5) is 1.89. The Morgan fingerprint density at radius 3 is 2.72 bits per heavy atom. The monoisotopic (exact) mass is 278 g/mol. The molecular weight excluding hydrogens is 265 g/mol. The molecule has 0 spiro atoms. The van der Waals surface area contributed by atoms with Crippen molar-refractivity contribution in [2.75, 3.05) is 24.5 Å². The van der Waals surface area contributed by atoms with Crippen molar-refractivity contribution in [3.05, 3.63) is 28.8 Å². The fourth-order valence-electron chi connectivity index (χ4n) is 2.08. The zero-order valence-electron chi connectivity index (χ0n) is 9.89. The van der Waals surface area contributed by atoms with Gasteiger partial charge in [-0.1, -0.05) is 11.6 Å². The summed E-state index contributed by atoms with van der Waals surface area (Å²) in [5, 5.41) is 3.60. The van der Waals surface area contributed by atoms with E-state index in [0.717, 1.165) is 18.7 Å². The molecule has 1 atom stereocenters. The maximum absolute atomic E-state index is 12.7. The zero-order valence-corrected chi connectivity index (χ0v) is 10.6. The van der Waals surface area contributed by atoms with Gasteiger partial charge in [0.15, 0.2) is 0 Å². The number of benzene rings is 1. The summed E-state index contributed by atoms with van der Waals surface area (Å²) in [6.45, 7) is 4.05. The van der Waals surface area contributed by atoms with Gasteiger partial charge < -0.3 is 10.2 Å². The third-order valence-corrected chi connectivity index (χ3v) is 3.30. The lowest BCUT2D eigenvalue weighted by Gasteiger charge is -2.34. The van der Waals surface area contributed by atoms with Gasteiger partial charge >= 0.3 is 6.18 Å². The highest BCUT2D eigenvalue weighted by Gasteiger charge is 2.31. The Kier molecular flexibility index (Phi) is 3.73. The molecule has 1 heterocycles. The first kappa shape index (κ1) is 13.5. The second-order valence-electron chi connectivity index (χ2n) is 4.47. The molecule has 2 rings (SSSR count). The molecule has 2 nitrogen and oxygen atoms in total. The molecule has 6 heteroatoms. The number of piperazine rings is 1. The van der Waals surface area contributed by atoms with Crippen LogP contribution in [0, 0.1) is 0 Å². The Morgan fingerprint density at radius 2 is 2.11 bits per heavy atom. The normalized spacial score (nSPS) is 21.2. The molecule has 0 aromatic heterocycles. The van der Waals surface area contributed by atoms with Crippen LogP contribution in [0.4, 0.5) is 18.9 Å². The Hall–Kier alpha value is -0.940. The number of anilines is 1. The lowest BCUT2D eigenvalue weighted by atomic mass is 10.1. The van der Waals surface area contributed by atoms with Gasteiger partial charge in [0.1, 0.15) is 0 Å². The summed E-state index contributed by atoms with van der Waals surface area (Å²) in [6, 6.07) is 3.69. The van der Waals surface area contributed by atoms with E-state index in [9.17, 15) is 13.2 Å². The van der Waals surface area contributed by atoms with Crippen molar-refractivity contribution in [1.82, 2.24) is 5.32 Å². The van der Waals surface area contributed by atoms with Crippen LogP contribution >= 0.6 is 11.6 Å². The van der Waals surface area contributed by atoms with E-state index in [1.54, 1.807) is 0 Å².